The molecule has 8 heteroatoms. The Labute approximate surface area is 405 Å². The standard InChI is InChI=1S/C60H69N5O3/c1-3-5-8-16-47-22-26-49(27-23-47)40-64(44-57-20-12-14-35-61-57)42-55-38-52(34-37-63-60(67)68-46-51-30-32-54(33-31-51)53-18-10-7-11-19-53)39-56(59(55)66)43-65(45-58-21-13-15-36-62-58)41-50-28-24-48(25-29-50)17-9-6-4-2/h7,10-15,18-33,35-36,38-39,66H,3-6,8-9,16-17,34,37,40-46H2,1-2H3,(H,63,67). The molecule has 2 heterocycles. The maximum atomic E-state index is 13.0. The van der Waals surface area contributed by atoms with Gasteiger partial charge >= 0.3 is 6.09 Å². The maximum Gasteiger partial charge on any atom is 0.407 e. The Morgan fingerprint density at radius 3 is 1.46 bits per heavy atom. The third-order valence-corrected chi connectivity index (χ3v) is 12.4. The maximum absolute atomic E-state index is 13.0. The largest absolute Gasteiger partial charge is 0.507 e. The number of nitrogens with one attached hydrogen (secondary N) is 1. The number of aromatic hydroxyl groups is 1. The quantitative estimate of drug-likeness (QED) is 0.0523. The third-order valence-electron chi connectivity index (χ3n) is 12.4. The van der Waals surface area contributed by atoms with Gasteiger partial charge in [0.25, 0.3) is 0 Å². The fraction of sp³-hybridized carbons (Fsp3) is 0.317. The number of hydrogen-bond acceptors (Lipinski definition) is 7. The molecule has 0 saturated carbocycles. The van der Waals surface area contributed by atoms with E-state index in [4.69, 9.17) is 14.7 Å². The molecule has 0 bridgehead atoms. The van der Waals surface area contributed by atoms with E-state index < -0.39 is 6.09 Å². The molecule has 0 atom stereocenters. The first-order chi connectivity index (χ1) is 33.4. The van der Waals surface area contributed by atoms with Gasteiger partial charge in [0.2, 0.25) is 0 Å². The Balaban J connectivity index is 1.11. The van der Waals surface area contributed by atoms with E-state index in [0.717, 1.165) is 57.6 Å². The zero-order valence-corrected chi connectivity index (χ0v) is 40.2. The normalized spacial score (nSPS) is 11.3. The van der Waals surface area contributed by atoms with E-state index in [1.54, 1.807) is 0 Å². The average molecular weight is 908 g/mol. The molecule has 0 aliphatic carbocycles. The number of phenolic OH excluding ortho intramolecular Hbond substituents is 1. The second kappa shape index (κ2) is 26.7. The highest BCUT2D eigenvalue weighted by Crippen LogP contribution is 2.30. The summed E-state index contributed by atoms with van der Waals surface area (Å²) in [6, 6.07) is 52.6. The number of aryl methyl sites for hydroxylation is 2. The number of alkyl carbamates (subject to hydrolysis) is 1. The number of carbonyl (C=O) groups excluding carboxylic acids is 1. The molecule has 7 aromatic rings. The SMILES string of the molecule is CCCCCc1ccc(CN(Cc2ccccn2)Cc2cc(CCNC(=O)OCc3ccc(-c4ccccc4)cc3)cc(CN(Cc3ccc(CCCCC)cc3)Cc3ccccn3)c2O)cc1. The zero-order valence-electron chi connectivity index (χ0n) is 40.2. The zero-order chi connectivity index (χ0) is 47.2. The molecule has 5 aromatic carbocycles. The van der Waals surface area contributed by atoms with Gasteiger partial charge in [-0.2, -0.15) is 0 Å². The van der Waals surface area contributed by atoms with Crippen LogP contribution in [0.1, 0.15) is 108 Å². The fourth-order valence-electron chi connectivity index (χ4n) is 8.71. The molecule has 0 unspecified atom stereocenters. The number of benzene rings is 5. The first kappa shape index (κ1) is 49.3. The molecular formula is C60H69N5O3. The summed E-state index contributed by atoms with van der Waals surface area (Å²) in [4.78, 5) is 27.1. The second-order valence-electron chi connectivity index (χ2n) is 18.1. The monoisotopic (exact) mass is 908 g/mol. The summed E-state index contributed by atoms with van der Waals surface area (Å²) in [5, 5.41) is 15.3. The van der Waals surface area contributed by atoms with E-state index in [1.165, 1.54) is 60.8 Å². The number of aromatic nitrogens is 2. The van der Waals surface area contributed by atoms with Crippen LogP contribution in [-0.4, -0.2) is 37.5 Å². The molecule has 2 N–H and O–H groups in total. The summed E-state index contributed by atoms with van der Waals surface area (Å²) >= 11 is 0. The highest BCUT2D eigenvalue weighted by atomic mass is 16.5. The lowest BCUT2D eigenvalue weighted by atomic mass is 10.00. The predicted octanol–water partition coefficient (Wildman–Crippen LogP) is 13.2. The van der Waals surface area contributed by atoms with Crippen molar-refractivity contribution in [3.8, 4) is 16.9 Å². The molecule has 8 nitrogen and oxygen atoms in total. The third kappa shape index (κ3) is 16.0. The number of unbranched alkanes of at least 4 members (excludes halogenated alkanes) is 4. The van der Waals surface area contributed by atoms with Crippen LogP contribution < -0.4 is 5.32 Å². The topological polar surface area (TPSA) is 90.8 Å². The Hall–Kier alpha value is -6.61. The Morgan fingerprint density at radius 1 is 0.500 bits per heavy atom. The lowest BCUT2D eigenvalue weighted by Crippen LogP contribution is -2.27. The van der Waals surface area contributed by atoms with Gasteiger partial charge < -0.3 is 15.2 Å². The number of phenols is 1. The number of amides is 1. The van der Waals surface area contributed by atoms with Crippen molar-refractivity contribution in [2.24, 2.45) is 0 Å². The van der Waals surface area contributed by atoms with Crippen molar-refractivity contribution in [2.75, 3.05) is 6.54 Å². The number of nitrogens with zero attached hydrogens (tertiary/aromatic N) is 4. The van der Waals surface area contributed by atoms with Gasteiger partial charge in [0.05, 0.1) is 11.4 Å². The molecule has 0 saturated heterocycles. The van der Waals surface area contributed by atoms with Gasteiger partial charge in [-0.25, -0.2) is 4.79 Å². The highest BCUT2D eigenvalue weighted by molar-refractivity contribution is 5.67. The Kier molecular flexibility index (Phi) is 19.3. The Morgan fingerprint density at radius 2 is 0.971 bits per heavy atom. The number of ether oxygens (including phenoxy) is 1. The minimum atomic E-state index is -0.466. The van der Waals surface area contributed by atoms with Gasteiger partial charge in [-0.05, 0) is 101 Å². The first-order valence-electron chi connectivity index (χ1n) is 24.7. The predicted molar refractivity (Wildman–Crippen MR) is 276 cm³/mol. The summed E-state index contributed by atoms with van der Waals surface area (Å²) in [7, 11) is 0. The Bertz CT molecular complexity index is 2410. The van der Waals surface area contributed by atoms with Crippen LogP contribution >= 0.6 is 0 Å². The number of pyridine rings is 2. The lowest BCUT2D eigenvalue weighted by Gasteiger charge is -2.26. The molecule has 0 aliphatic heterocycles. The van der Waals surface area contributed by atoms with Crippen LogP contribution in [0.3, 0.4) is 0 Å². The number of hydrogen-bond donors (Lipinski definition) is 2. The first-order valence-corrected chi connectivity index (χ1v) is 24.7. The average Bonchev–Trinajstić information content (AvgIpc) is 3.37. The fourth-order valence-corrected chi connectivity index (χ4v) is 8.71. The van der Waals surface area contributed by atoms with Crippen LogP contribution in [0.4, 0.5) is 4.79 Å². The van der Waals surface area contributed by atoms with E-state index in [-0.39, 0.29) is 12.4 Å². The molecule has 2 aromatic heterocycles. The number of carbonyl (C=O) groups is 1. The van der Waals surface area contributed by atoms with E-state index in [9.17, 15) is 9.90 Å². The van der Waals surface area contributed by atoms with Gasteiger partial charge in [0, 0.05) is 69.3 Å². The molecule has 352 valence electrons. The molecule has 68 heavy (non-hydrogen) atoms. The van der Waals surface area contributed by atoms with Crippen molar-refractivity contribution in [1.29, 1.82) is 0 Å². The van der Waals surface area contributed by atoms with Crippen molar-refractivity contribution < 1.29 is 14.6 Å². The minimum absolute atomic E-state index is 0.176. The molecule has 0 radical (unpaired) electrons. The van der Waals surface area contributed by atoms with Crippen molar-refractivity contribution in [1.82, 2.24) is 25.1 Å². The minimum Gasteiger partial charge on any atom is -0.507 e. The van der Waals surface area contributed by atoms with Gasteiger partial charge in [-0.3, -0.25) is 19.8 Å². The van der Waals surface area contributed by atoms with E-state index in [1.807, 2.05) is 67.0 Å². The van der Waals surface area contributed by atoms with Gasteiger partial charge in [-0.1, -0.05) is 167 Å². The van der Waals surface area contributed by atoms with Gasteiger partial charge in [-0.15, -0.1) is 0 Å². The summed E-state index contributed by atoms with van der Waals surface area (Å²) < 4.78 is 5.66. The lowest BCUT2D eigenvalue weighted by molar-refractivity contribution is 0.140. The van der Waals surface area contributed by atoms with Crippen LogP contribution in [0, 0.1) is 0 Å². The summed E-state index contributed by atoms with van der Waals surface area (Å²) in [6.45, 7) is 8.63. The molecule has 0 aliphatic rings. The van der Waals surface area contributed by atoms with E-state index in [0.29, 0.717) is 52.2 Å². The molecular weight excluding hydrogens is 839 g/mol. The van der Waals surface area contributed by atoms with Crippen LogP contribution in [0.25, 0.3) is 11.1 Å². The molecule has 0 fully saturated rings. The molecule has 7 rings (SSSR count). The molecule has 1 amide bonds. The van der Waals surface area contributed by atoms with Crippen molar-refractivity contribution in [3.05, 3.63) is 220 Å². The van der Waals surface area contributed by atoms with Crippen molar-refractivity contribution in [3.63, 3.8) is 0 Å². The van der Waals surface area contributed by atoms with E-state index >= 15 is 0 Å². The van der Waals surface area contributed by atoms with Crippen LogP contribution in [0.15, 0.2) is 164 Å². The smallest absolute Gasteiger partial charge is 0.407 e. The van der Waals surface area contributed by atoms with Crippen LogP contribution in [-0.2, 0) is 69.9 Å². The van der Waals surface area contributed by atoms with Crippen LogP contribution in [0.2, 0.25) is 0 Å². The number of rotatable bonds is 26. The van der Waals surface area contributed by atoms with Gasteiger partial charge in [0.1, 0.15) is 12.4 Å². The second-order valence-corrected chi connectivity index (χ2v) is 18.1. The van der Waals surface area contributed by atoms with Gasteiger partial charge in [0.15, 0.2) is 0 Å². The van der Waals surface area contributed by atoms with Crippen molar-refractivity contribution >= 4 is 6.09 Å². The van der Waals surface area contributed by atoms with Crippen LogP contribution in [0.5, 0.6) is 5.75 Å². The highest BCUT2D eigenvalue weighted by Gasteiger charge is 2.19. The van der Waals surface area contributed by atoms with E-state index in [2.05, 4.69) is 126 Å². The summed E-state index contributed by atoms with van der Waals surface area (Å²) in [6.07, 6.45) is 13.2. The molecule has 0 spiro atoms. The summed E-state index contributed by atoms with van der Waals surface area (Å²) in [5.74, 6) is 0.286. The van der Waals surface area contributed by atoms with Crippen molar-refractivity contribution in [2.45, 2.75) is 118 Å². The summed E-state index contributed by atoms with van der Waals surface area (Å²) in [5.41, 5.74) is 12.9.